The first-order valence-corrected chi connectivity index (χ1v) is 6.08. The van der Waals surface area contributed by atoms with Gasteiger partial charge in [0, 0.05) is 31.0 Å². The van der Waals surface area contributed by atoms with Crippen molar-refractivity contribution in [2.24, 2.45) is 7.05 Å². The molecule has 0 amide bonds. The second kappa shape index (κ2) is 5.18. The molecule has 0 bridgehead atoms. The number of halogens is 3. The maximum absolute atomic E-state index is 12.2. The van der Waals surface area contributed by atoms with Crippen molar-refractivity contribution in [3.63, 3.8) is 0 Å². The Hall–Kier alpha value is -1.99. The summed E-state index contributed by atoms with van der Waals surface area (Å²) < 4.78 is 39.3. The van der Waals surface area contributed by atoms with Crippen LogP contribution in [0.1, 0.15) is 17.0 Å². The topological polar surface area (TPSA) is 47.7 Å². The van der Waals surface area contributed by atoms with E-state index < -0.39 is 12.7 Å². The molecule has 2 aromatic rings. The minimum atomic E-state index is -4.26. The molecule has 0 saturated heterocycles. The zero-order chi connectivity index (χ0) is 14.9. The summed E-state index contributed by atoms with van der Waals surface area (Å²) in [6.45, 7) is 3.27. The summed E-state index contributed by atoms with van der Waals surface area (Å²) in [6.07, 6.45) is -1.54. The molecule has 0 unspecified atom stereocenters. The molecule has 110 valence electrons. The first-order chi connectivity index (χ1) is 9.26. The van der Waals surface area contributed by atoms with Crippen LogP contribution in [-0.2, 0) is 20.1 Å². The van der Waals surface area contributed by atoms with Crippen LogP contribution in [-0.4, -0.2) is 25.7 Å². The average molecular weight is 287 g/mol. The van der Waals surface area contributed by atoms with Crippen LogP contribution in [0.25, 0.3) is 0 Å². The van der Waals surface area contributed by atoms with Crippen LogP contribution < -0.4 is 5.32 Å². The summed E-state index contributed by atoms with van der Waals surface area (Å²) in [7, 11) is 1.85. The van der Waals surface area contributed by atoms with E-state index in [9.17, 15) is 13.2 Å². The number of rotatable bonds is 4. The number of aromatic nitrogens is 4. The molecule has 0 saturated carbocycles. The SMILES string of the molecule is Cc1nn(C)c(C)c1CNc1cnn(CC(F)(F)F)c1. The minimum Gasteiger partial charge on any atom is -0.378 e. The van der Waals surface area contributed by atoms with Gasteiger partial charge in [-0.2, -0.15) is 23.4 Å². The fourth-order valence-electron chi connectivity index (χ4n) is 1.99. The Morgan fingerprint density at radius 3 is 2.55 bits per heavy atom. The number of hydrogen-bond donors (Lipinski definition) is 1. The van der Waals surface area contributed by atoms with E-state index in [1.807, 2.05) is 20.9 Å². The smallest absolute Gasteiger partial charge is 0.378 e. The van der Waals surface area contributed by atoms with Crippen LogP contribution in [0.3, 0.4) is 0 Å². The number of anilines is 1. The van der Waals surface area contributed by atoms with Gasteiger partial charge < -0.3 is 5.32 Å². The normalized spacial score (nSPS) is 11.9. The highest BCUT2D eigenvalue weighted by molar-refractivity contribution is 5.40. The molecule has 0 aliphatic rings. The summed E-state index contributed by atoms with van der Waals surface area (Å²) in [5, 5.41) is 11.0. The van der Waals surface area contributed by atoms with Gasteiger partial charge in [0.2, 0.25) is 0 Å². The van der Waals surface area contributed by atoms with Gasteiger partial charge in [-0.05, 0) is 13.8 Å². The highest BCUT2D eigenvalue weighted by Gasteiger charge is 2.28. The molecule has 5 nitrogen and oxygen atoms in total. The Balaban J connectivity index is 2.01. The van der Waals surface area contributed by atoms with Gasteiger partial charge >= 0.3 is 6.18 Å². The molecule has 0 spiro atoms. The molecule has 2 heterocycles. The molecule has 0 atom stereocenters. The van der Waals surface area contributed by atoms with Gasteiger partial charge in [-0.15, -0.1) is 0 Å². The molecule has 0 fully saturated rings. The van der Waals surface area contributed by atoms with E-state index in [0.717, 1.165) is 21.6 Å². The maximum atomic E-state index is 12.2. The van der Waals surface area contributed by atoms with Crippen LogP contribution >= 0.6 is 0 Å². The van der Waals surface area contributed by atoms with Crippen molar-refractivity contribution in [1.82, 2.24) is 19.6 Å². The largest absolute Gasteiger partial charge is 0.408 e. The first kappa shape index (κ1) is 14.4. The molecule has 0 radical (unpaired) electrons. The monoisotopic (exact) mass is 287 g/mol. The summed E-state index contributed by atoms with van der Waals surface area (Å²) in [4.78, 5) is 0. The minimum absolute atomic E-state index is 0.503. The Labute approximate surface area is 114 Å². The molecule has 0 aliphatic carbocycles. The van der Waals surface area contributed by atoms with Crippen molar-refractivity contribution >= 4 is 5.69 Å². The number of nitrogens with one attached hydrogen (secondary N) is 1. The fraction of sp³-hybridized carbons (Fsp3) is 0.500. The van der Waals surface area contributed by atoms with Gasteiger partial charge in [0.1, 0.15) is 6.54 Å². The van der Waals surface area contributed by atoms with Crippen LogP contribution in [0.4, 0.5) is 18.9 Å². The van der Waals surface area contributed by atoms with Crippen molar-refractivity contribution in [1.29, 1.82) is 0 Å². The van der Waals surface area contributed by atoms with Crippen molar-refractivity contribution in [3.8, 4) is 0 Å². The number of aryl methyl sites for hydroxylation is 2. The van der Waals surface area contributed by atoms with Crippen molar-refractivity contribution in [3.05, 3.63) is 29.3 Å². The summed E-state index contributed by atoms with van der Waals surface area (Å²) in [5.74, 6) is 0. The Morgan fingerprint density at radius 1 is 1.30 bits per heavy atom. The second-order valence-corrected chi connectivity index (χ2v) is 4.67. The maximum Gasteiger partial charge on any atom is 0.408 e. The third kappa shape index (κ3) is 3.31. The Morgan fingerprint density at radius 2 is 2.00 bits per heavy atom. The zero-order valence-corrected chi connectivity index (χ0v) is 11.5. The van der Waals surface area contributed by atoms with E-state index in [-0.39, 0.29) is 0 Å². The molecular weight excluding hydrogens is 271 g/mol. The lowest BCUT2D eigenvalue weighted by molar-refractivity contribution is -0.142. The van der Waals surface area contributed by atoms with E-state index in [1.54, 1.807) is 4.68 Å². The van der Waals surface area contributed by atoms with E-state index in [2.05, 4.69) is 15.5 Å². The van der Waals surface area contributed by atoms with Crippen LogP contribution in [0.5, 0.6) is 0 Å². The van der Waals surface area contributed by atoms with Gasteiger partial charge in [0.25, 0.3) is 0 Å². The van der Waals surface area contributed by atoms with Crippen LogP contribution in [0.15, 0.2) is 12.4 Å². The van der Waals surface area contributed by atoms with Crippen molar-refractivity contribution in [2.45, 2.75) is 33.1 Å². The number of hydrogen-bond acceptors (Lipinski definition) is 3. The molecule has 2 rings (SSSR count). The van der Waals surface area contributed by atoms with Crippen LogP contribution in [0.2, 0.25) is 0 Å². The zero-order valence-electron chi connectivity index (χ0n) is 11.5. The van der Waals surface area contributed by atoms with E-state index in [4.69, 9.17) is 0 Å². The Kier molecular flexibility index (Phi) is 3.74. The third-order valence-electron chi connectivity index (χ3n) is 3.10. The summed E-state index contributed by atoms with van der Waals surface area (Å²) >= 11 is 0. The van der Waals surface area contributed by atoms with Gasteiger partial charge in [-0.25, -0.2) is 0 Å². The van der Waals surface area contributed by atoms with Crippen molar-refractivity contribution in [2.75, 3.05) is 5.32 Å². The van der Waals surface area contributed by atoms with Gasteiger partial charge in [-0.3, -0.25) is 9.36 Å². The quantitative estimate of drug-likeness (QED) is 0.939. The highest BCUT2D eigenvalue weighted by atomic mass is 19.4. The summed E-state index contributed by atoms with van der Waals surface area (Å²) in [5.41, 5.74) is 3.52. The van der Waals surface area contributed by atoms with Gasteiger partial charge in [0.05, 0.1) is 17.6 Å². The molecule has 20 heavy (non-hydrogen) atoms. The first-order valence-electron chi connectivity index (χ1n) is 6.08. The second-order valence-electron chi connectivity index (χ2n) is 4.67. The third-order valence-corrected chi connectivity index (χ3v) is 3.10. The van der Waals surface area contributed by atoms with Gasteiger partial charge in [0.15, 0.2) is 0 Å². The molecule has 2 aromatic heterocycles. The standard InChI is InChI=1S/C12H16F3N5/c1-8-11(9(2)19(3)18-8)5-16-10-4-17-20(6-10)7-12(13,14)15/h4,6,16H,5,7H2,1-3H3. The molecule has 0 aliphatic heterocycles. The Bertz CT molecular complexity index is 597. The highest BCUT2D eigenvalue weighted by Crippen LogP contribution is 2.19. The summed E-state index contributed by atoms with van der Waals surface area (Å²) in [6, 6.07) is 0. The lowest BCUT2D eigenvalue weighted by atomic mass is 10.2. The van der Waals surface area contributed by atoms with E-state index in [0.29, 0.717) is 12.2 Å². The predicted molar refractivity (Wildman–Crippen MR) is 68.3 cm³/mol. The van der Waals surface area contributed by atoms with Gasteiger partial charge in [-0.1, -0.05) is 0 Å². The predicted octanol–water partition coefficient (Wildman–Crippen LogP) is 2.41. The molecule has 1 N–H and O–H groups in total. The number of alkyl halides is 3. The lowest BCUT2D eigenvalue weighted by Crippen LogP contribution is -2.17. The molecule has 8 heteroatoms. The average Bonchev–Trinajstić information content (AvgIpc) is 2.82. The number of nitrogens with zero attached hydrogens (tertiary/aromatic N) is 4. The fourth-order valence-corrected chi connectivity index (χ4v) is 1.99. The van der Waals surface area contributed by atoms with E-state index >= 15 is 0 Å². The lowest BCUT2D eigenvalue weighted by Gasteiger charge is -2.06. The van der Waals surface area contributed by atoms with Crippen molar-refractivity contribution < 1.29 is 13.2 Å². The molecular formula is C12H16F3N5. The van der Waals surface area contributed by atoms with Crippen LogP contribution in [0, 0.1) is 13.8 Å². The van der Waals surface area contributed by atoms with E-state index in [1.165, 1.54) is 12.4 Å². The molecule has 0 aromatic carbocycles.